The van der Waals surface area contributed by atoms with E-state index in [9.17, 15) is 29.7 Å². The van der Waals surface area contributed by atoms with Gasteiger partial charge in [-0.2, -0.15) is 0 Å². The Balaban J connectivity index is -0.000000152. The average molecular weight is 545 g/mol. The number of aliphatic carboxylic acids is 3. The first kappa shape index (κ1) is 35.2. The van der Waals surface area contributed by atoms with Gasteiger partial charge in [0.05, 0.1) is 0 Å². The molecular formula is C21H39GdO6. The number of carboxylic acid groups (broad SMARTS) is 3. The van der Waals surface area contributed by atoms with Gasteiger partial charge in [0, 0.05) is 34.2 Å². The van der Waals surface area contributed by atoms with Crippen LogP contribution >= 0.6 is 0 Å². The molecule has 0 aromatic carbocycles. The zero-order chi connectivity index (χ0) is 22.5. The molecule has 0 spiro atoms. The summed E-state index contributed by atoms with van der Waals surface area (Å²) >= 11 is 0. The summed E-state index contributed by atoms with van der Waals surface area (Å²) in [5.74, 6) is -2.86. The summed E-state index contributed by atoms with van der Waals surface area (Å²) in [6.07, 6.45) is 4.74. The zero-order valence-electron chi connectivity index (χ0n) is 19.0. The molecule has 0 bridgehead atoms. The van der Waals surface area contributed by atoms with Crippen molar-refractivity contribution in [2.45, 2.75) is 101 Å². The van der Waals surface area contributed by atoms with Crippen LogP contribution in [0.2, 0.25) is 0 Å². The minimum Gasteiger partial charge on any atom is -0.550 e. The van der Waals surface area contributed by atoms with E-state index in [4.69, 9.17) is 0 Å². The van der Waals surface area contributed by atoms with Gasteiger partial charge in [0.15, 0.2) is 0 Å². The number of hydrogen-bond donors (Lipinski definition) is 0. The second kappa shape index (κ2) is 16.5. The van der Waals surface area contributed by atoms with Crippen LogP contribution in [0.5, 0.6) is 0 Å². The van der Waals surface area contributed by atoms with E-state index in [1.807, 2.05) is 20.8 Å². The average Bonchev–Trinajstić information content (AvgIpc) is 2.48. The summed E-state index contributed by atoms with van der Waals surface area (Å²) in [5.41, 5.74) is -1.93. The van der Waals surface area contributed by atoms with Gasteiger partial charge in [-0.3, -0.25) is 0 Å². The molecule has 0 fully saturated rings. The van der Waals surface area contributed by atoms with Crippen LogP contribution < -0.4 is 15.3 Å². The van der Waals surface area contributed by atoms with Crippen molar-refractivity contribution < 1.29 is 69.6 Å². The summed E-state index contributed by atoms with van der Waals surface area (Å²) in [7, 11) is 0. The number of hydrogen-bond acceptors (Lipinski definition) is 6. The Labute approximate surface area is 203 Å². The van der Waals surface area contributed by atoms with Gasteiger partial charge in [0.2, 0.25) is 0 Å². The summed E-state index contributed by atoms with van der Waals surface area (Å²) < 4.78 is 0. The zero-order valence-corrected chi connectivity index (χ0v) is 21.3. The molecule has 0 rings (SSSR count). The Kier molecular flexibility index (Phi) is 20.8. The topological polar surface area (TPSA) is 120 Å². The molecule has 0 aromatic heterocycles. The van der Waals surface area contributed by atoms with Crippen molar-refractivity contribution in [1.29, 1.82) is 0 Å². The second-order valence-corrected chi connectivity index (χ2v) is 8.76. The molecule has 0 saturated heterocycles. The first-order valence-electron chi connectivity index (χ1n) is 9.66. The standard InChI is InChI=1S/3C7H14O2.Gd/c3*1-4-5-7(2,3)6(8)9;/h3*4-5H2,1-3H3,(H,8,9);/q;;;+3/p-3. The molecule has 1 radical (unpaired) electrons. The smallest absolute Gasteiger partial charge is 0.550 e. The maximum atomic E-state index is 10.3. The fourth-order valence-electron chi connectivity index (χ4n) is 2.18. The monoisotopic (exact) mass is 545 g/mol. The van der Waals surface area contributed by atoms with E-state index >= 15 is 0 Å². The minimum atomic E-state index is -0.954. The van der Waals surface area contributed by atoms with E-state index < -0.39 is 34.2 Å². The maximum absolute atomic E-state index is 10.3. The van der Waals surface area contributed by atoms with E-state index in [0.717, 1.165) is 19.3 Å². The van der Waals surface area contributed by atoms with Crippen LogP contribution in [0.15, 0.2) is 0 Å². The van der Waals surface area contributed by atoms with Crippen LogP contribution in [0.25, 0.3) is 0 Å². The van der Waals surface area contributed by atoms with Crippen molar-refractivity contribution in [2.24, 2.45) is 16.2 Å². The van der Waals surface area contributed by atoms with E-state index in [0.29, 0.717) is 19.3 Å². The van der Waals surface area contributed by atoms with Gasteiger partial charge in [-0.15, -0.1) is 0 Å². The predicted molar refractivity (Wildman–Crippen MR) is 101 cm³/mol. The molecule has 0 aliphatic carbocycles. The number of carbonyl (C=O) groups excluding carboxylic acids is 3. The van der Waals surface area contributed by atoms with E-state index in [2.05, 4.69) is 0 Å². The van der Waals surface area contributed by atoms with Crippen molar-refractivity contribution in [2.75, 3.05) is 0 Å². The molecule has 6 nitrogen and oxygen atoms in total. The van der Waals surface area contributed by atoms with Gasteiger partial charge in [-0.1, -0.05) is 81.6 Å². The molecule has 0 aromatic rings. The fourth-order valence-corrected chi connectivity index (χ4v) is 2.18. The fraction of sp³-hybridized carbons (Fsp3) is 0.857. The molecule has 0 aliphatic rings. The van der Waals surface area contributed by atoms with Crippen LogP contribution in [-0.4, -0.2) is 17.9 Å². The first-order chi connectivity index (χ1) is 12.0. The molecule has 28 heavy (non-hydrogen) atoms. The third-order valence-corrected chi connectivity index (χ3v) is 4.28. The van der Waals surface area contributed by atoms with Crippen LogP contribution in [-0.2, 0) is 14.4 Å². The Bertz CT molecular complexity index is 389. The molecule has 0 N–H and O–H groups in total. The van der Waals surface area contributed by atoms with Crippen LogP contribution in [0, 0.1) is 56.2 Å². The van der Waals surface area contributed by atoms with E-state index in [1.54, 1.807) is 41.5 Å². The second-order valence-electron chi connectivity index (χ2n) is 8.76. The SMILES string of the molecule is CCCC(C)(C)C(=O)[O-].CCCC(C)(C)C(=O)[O-].CCCC(C)(C)C(=O)[O-].[Gd+3]. The van der Waals surface area contributed by atoms with Crippen molar-refractivity contribution in [3.05, 3.63) is 0 Å². The third kappa shape index (κ3) is 17.8. The van der Waals surface area contributed by atoms with Gasteiger partial charge < -0.3 is 29.7 Å². The summed E-state index contributed by atoms with van der Waals surface area (Å²) in [6.45, 7) is 16.0. The van der Waals surface area contributed by atoms with E-state index in [1.165, 1.54) is 0 Å². The normalized spacial score (nSPS) is 11.0. The predicted octanol–water partition coefficient (Wildman–Crippen LogP) is 1.69. The van der Waals surface area contributed by atoms with Crippen molar-refractivity contribution in [1.82, 2.24) is 0 Å². The number of carbonyl (C=O) groups is 3. The molecule has 7 heteroatoms. The van der Waals surface area contributed by atoms with E-state index in [-0.39, 0.29) is 39.9 Å². The van der Waals surface area contributed by atoms with Crippen LogP contribution in [0.3, 0.4) is 0 Å². The number of rotatable bonds is 9. The quantitative estimate of drug-likeness (QED) is 0.436. The first-order valence-corrected chi connectivity index (χ1v) is 9.66. The Morgan fingerprint density at radius 3 is 0.714 bits per heavy atom. The molecule has 0 saturated carbocycles. The Hall–Kier alpha value is -0.265. The van der Waals surface area contributed by atoms with Crippen LogP contribution in [0.4, 0.5) is 0 Å². The molecule has 0 aliphatic heterocycles. The molecule has 0 atom stereocenters. The Morgan fingerprint density at radius 2 is 0.679 bits per heavy atom. The van der Waals surface area contributed by atoms with Gasteiger partial charge in [-0.05, 0) is 19.3 Å². The van der Waals surface area contributed by atoms with Gasteiger partial charge in [0.25, 0.3) is 0 Å². The number of carboxylic acids is 3. The summed E-state index contributed by atoms with van der Waals surface area (Å²) in [5, 5.41) is 30.9. The van der Waals surface area contributed by atoms with Gasteiger partial charge >= 0.3 is 39.9 Å². The summed E-state index contributed by atoms with van der Waals surface area (Å²) in [6, 6.07) is 0. The summed E-state index contributed by atoms with van der Waals surface area (Å²) in [4.78, 5) is 30.9. The molecule has 167 valence electrons. The van der Waals surface area contributed by atoms with Crippen molar-refractivity contribution in [3.8, 4) is 0 Å². The maximum Gasteiger partial charge on any atom is 3.00 e. The third-order valence-electron chi connectivity index (χ3n) is 4.28. The minimum absolute atomic E-state index is 0. The molecule has 0 amide bonds. The van der Waals surface area contributed by atoms with Crippen molar-refractivity contribution in [3.63, 3.8) is 0 Å². The Morgan fingerprint density at radius 1 is 0.536 bits per heavy atom. The molecule has 0 unspecified atom stereocenters. The molecular weight excluding hydrogens is 505 g/mol. The van der Waals surface area contributed by atoms with Crippen LogP contribution in [0.1, 0.15) is 101 Å². The van der Waals surface area contributed by atoms with Crippen molar-refractivity contribution >= 4 is 17.9 Å². The van der Waals surface area contributed by atoms with Gasteiger partial charge in [0.1, 0.15) is 0 Å². The molecule has 0 heterocycles. The largest absolute Gasteiger partial charge is 3.00 e. The van der Waals surface area contributed by atoms with Gasteiger partial charge in [-0.25, -0.2) is 0 Å².